The predicted molar refractivity (Wildman–Crippen MR) is 79.7 cm³/mol. The fourth-order valence-electron chi connectivity index (χ4n) is 3.93. The van der Waals surface area contributed by atoms with Crippen LogP contribution in [0.3, 0.4) is 0 Å². The lowest BCUT2D eigenvalue weighted by Gasteiger charge is -2.54. The maximum Gasteiger partial charge on any atom is 0.137 e. The lowest BCUT2D eigenvalue weighted by molar-refractivity contribution is -0.101. The van der Waals surface area contributed by atoms with Gasteiger partial charge in [0.1, 0.15) is 11.4 Å². The van der Waals surface area contributed by atoms with Crippen molar-refractivity contribution in [3.63, 3.8) is 0 Å². The Bertz CT molecular complexity index is 536. The van der Waals surface area contributed by atoms with Crippen molar-refractivity contribution in [2.24, 2.45) is 10.8 Å². The average molecular weight is 274 g/mol. The van der Waals surface area contributed by atoms with E-state index < -0.39 is 5.60 Å². The van der Waals surface area contributed by atoms with Crippen molar-refractivity contribution in [2.45, 2.75) is 52.1 Å². The predicted octanol–water partition coefficient (Wildman–Crippen LogP) is 4.12. The highest BCUT2D eigenvalue weighted by molar-refractivity contribution is 5.33. The Kier molecular flexibility index (Phi) is 3.47. The van der Waals surface area contributed by atoms with E-state index in [0.29, 0.717) is 0 Å². The fourth-order valence-corrected chi connectivity index (χ4v) is 3.93. The van der Waals surface area contributed by atoms with Crippen molar-refractivity contribution in [3.8, 4) is 12.3 Å². The summed E-state index contributed by atoms with van der Waals surface area (Å²) in [7, 11) is 0. The summed E-state index contributed by atoms with van der Waals surface area (Å²) >= 11 is 0. The zero-order valence-corrected chi connectivity index (χ0v) is 12.7. The molecule has 1 aliphatic rings. The molecular weight excluding hydrogens is 251 g/mol. The molecule has 1 aliphatic carbocycles. The molecular formula is C18H23FO. The number of aliphatic hydroxyl groups is 1. The zero-order chi connectivity index (χ0) is 15.2. The SMILES string of the molecule is C#CC1(O)C(c2ccc(F)cc2)CC(C)(C)CC1(C)C. The standard InChI is InChI=1S/C18H23FO/c1-6-18(20)15(13-7-9-14(19)10-8-13)11-16(2,3)12-17(18,4)5/h1,7-10,15,20H,11-12H2,2-5H3. The molecule has 0 bridgehead atoms. The van der Waals surface area contributed by atoms with Crippen LogP contribution in [0.15, 0.2) is 24.3 Å². The summed E-state index contributed by atoms with van der Waals surface area (Å²) in [4.78, 5) is 0. The molecule has 1 nitrogen and oxygen atoms in total. The number of rotatable bonds is 1. The van der Waals surface area contributed by atoms with E-state index in [4.69, 9.17) is 6.42 Å². The molecule has 0 amide bonds. The minimum atomic E-state index is -1.21. The van der Waals surface area contributed by atoms with Crippen LogP contribution in [0.25, 0.3) is 0 Å². The normalized spacial score (nSPS) is 31.6. The lowest BCUT2D eigenvalue weighted by Crippen LogP contribution is -2.55. The number of halogens is 1. The Hall–Kier alpha value is -1.33. The Balaban J connectivity index is 2.52. The molecule has 20 heavy (non-hydrogen) atoms. The van der Waals surface area contributed by atoms with Crippen LogP contribution in [0.4, 0.5) is 4.39 Å². The highest BCUT2D eigenvalue weighted by Crippen LogP contribution is 2.57. The van der Waals surface area contributed by atoms with Gasteiger partial charge in [0.15, 0.2) is 0 Å². The van der Waals surface area contributed by atoms with E-state index in [2.05, 4.69) is 19.8 Å². The highest BCUT2D eigenvalue weighted by Gasteiger charge is 2.55. The van der Waals surface area contributed by atoms with Crippen LogP contribution in [-0.2, 0) is 0 Å². The Morgan fingerprint density at radius 1 is 1.20 bits per heavy atom. The van der Waals surface area contributed by atoms with Crippen molar-refractivity contribution in [3.05, 3.63) is 35.6 Å². The van der Waals surface area contributed by atoms with Gasteiger partial charge in [0.05, 0.1) is 0 Å². The quantitative estimate of drug-likeness (QED) is 0.764. The third-order valence-electron chi connectivity index (χ3n) is 4.71. The number of hydrogen-bond acceptors (Lipinski definition) is 1. The number of hydrogen-bond donors (Lipinski definition) is 1. The van der Waals surface area contributed by atoms with Crippen molar-refractivity contribution < 1.29 is 9.50 Å². The molecule has 0 saturated heterocycles. The molecule has 2 unspecified atom stereocenters. The summed E-state index contributed by atoms with van der Waals surface area (Å²) in [6.45, 7) is 8.43. The Labute approximate surface area is 121 Å². The molecule has 0 aromatic heterocycles. The first kappa shape index (κ1) is 15.1. The van der Waals surface area contributed by atoms with Crippen molar-refractivity contribution in [1.29, 1.82) is 0 Å². The first-order chi connectivity index (χ1) is 9.11. The minimum absolute atomic E-state index is 0.0889. The van der Waals surface area contributed by atoms with E-state index in [1.807, 2.05) is 13.8 Å². The van der Waals surface area contributed by atoms with Gasteiger partial charge in [0.25, 0.3) is 0 Å². The lowest BCUT2D eigenvalue weighted by atomic mass is 9.52. The molecule has 2 heteroatoms. The first-order valence-corrected chi connectivity index (χ1v) is 7.07. The van der Waals surface area contributed by atoms with Crippen LogP contribution in [0, 0.1) is 29.0 Å². The van der Waals surface area contributed by atoms with E-state index >= 15 is 0 Å². The van der Waals surface area contributed by atoms with E-state index in [9.17, 15) is 9.50 Å². The second kappa shape index (κ2) is 4.60. The van der Waals surface area contributed by atoms with Gasteiger partial charge in [-0.05, 0) is 36.0 Å². The van der Waals surface area contributed by atoms with E-state index in [1.54, 1.807) is 12.1 Å². The van der Waals surface area contributed by atoms with Crippen LogP contribution < -0.4 is 0 Å². The molecule has 0 heterocycles. The summed E-state index contributed by atoms with van der Waals surface area (Å²) in [5.74, 6) is 2.19. The molecule has 1 fully saturated rings. The number of benzene rings is 1. The van der Waals surface area contributed by atoms with Crippen LogP contribution in [0.5, 0.6) is 0 Å². The smallest absolute Gasteiger partial charge is 0.137 e. The summed E-state index contributed by atoms with van der Waals surface area (Å²) < 4.78 is 13.1. The van der Waals surface area contributed by atoms with Gasteiger partial charge >= 0.3 is 0 Å². The molecule has 1 saturated carbocycles. The molecule has 108 valence electrons. The average Bonchev–Trinajstić information content (AvgIpc) is 2.33. The minimum Gasteiger partial charge on any atom is -0.376 e. The molecule has 1 aromatic rings. The molecule has 0 radical (unpaired) electrons. The van der Waals surface area contributed by atoms with Gasteiger partial charge in [0.2, 0.25) is 0 Å². The van der Waals surface area contributed by atoms with Gasteiger partial charge in [-0.2, -0.15) is 0 Å². The Morgan fingerprint density at radius 2 is 1.75 bits per heavy atom. The third kappa shape index (κ3) is 2.36. The fraction of sp³-hybridized carbons (Fsp3) is 0.556. The summed E-state index contributed by atoms with van der Waals surface area (Å²) in [5.41, 5.74) is -0.596. The van der Waals surface area contributed by atoms with Crippen molar-refractivity contribution in [1.82, 2.24) is 0 Å². The largest absolute Gasteiger partial charge is 0.376 e. The van der Waals surface area contributed by atoms with Crippen LogP contribution >= 0.6 is 0 Å². The molecule has 2 rings (SSSR count). The molecule has 1 N–H and O–H groups in total. The van der Waals surface area contributed by atoms with Gasteiger partial charge in [-0.1, -0.05) is 45.7 Å². The first-order valence-electron chi connectivity index (χ1n) is 7.07. The monoisotopic (exact) mass is 274 g/mol. The number of terminal acetylenes is 1. The van der Waals surface area contributed by atoms with E-state index in [-0.39, 0.29) is 22.6 Å². The zero-order valence-electron chi connectivity index (χ0n) is 12.7. The molecule has 2 atom stereocenters. The van der Waals surface area contributed by atoms with Crippen molar-refractivity contribution >= 4 is 0 Å². The highest BCUT2D eigenvalue weighted by atomic mass is 19.1. The van der Waals surface area contributed by atoms with Crippen molar-refractivity contribution in [2.75, 3.05) is 0 Å². The van der Waals surface area contributed by atoms with Gasteiger partial charge in [0, 0.05) is 11.3 Å². The van der Waals surface area contributed by atoms with Gasteiger partial charge < -0.3 is 5.11 Å². The molecule has 0 aliphatic heterocycles. The second-order valence-corrected chi connectivity index (χ2v) is 7.44. The summed E-state index contributed by atoms with van der Waals surface area (Å²) in [6.07, 6.45) is 7.34. The third-order valence-corrected chi connectivity index (χ3v) is 4.71. The maximum atomic E-state index is 13.1. The van der Waals surface area contributed by atoms with E-state index in [1.165, 1.54) is 12.1 Å². The van der Waals surface area contributed by atoms with Crippen LogP contribution in [-0.4, -0.2) is 10.7 Å². The molecule has 0 spiro atoms. The topological polar surface area (TPSA) is 20.2 Å². The van der Waals surface area contributed by atoms with Crippen LogP contribution in [0.1, 0.15) is 52.0 Å². The summed E-state index contributed by atoms with van der Waals surface area (Å²) in [6, 6.07) is 6.33. The van der Waals surface area contributed by atoms with Gasteiger partial charge in [-0.15, -0.1) is 6.42 Å². The summed E-state index contributed by atoms with van der Waals surface area (Å²) in [5, 5.41) is 11.1. The van der Waals surface area contributed by atoms with Crippen LogP contribution in [0.2, 0.25) is 0 Å². The van der Waals surface area contributed by atoms with Gasteiger partial charge in [-0.25, -0.2) is 4.39 Å². The van der Waals surface area contributed by atoms with Gasteiger partial charge in [-0.3, -0.25) is 0 Å². The molecule has 1 aromatic carbocycles. The second-order valence-electron chi connectivity index (χ2n) is 7.44. The van der Waals surface area contributed by atoms with E-state index in [0.717, 1.165) is 18.4 Å². The maximum absolute atomic E-state index is 13.1. The Morgan fingerprint density at radius 3 is 2.25 bits per heavy atom.